The van der Waals surface area contributed by atoms with Gasteiger partial charge < -0.3 is 0 Å². The van der Waals surface area contributed by atoms with Crippen molar-refractivity contribution in [3.8, 4) is 0 Å². The van der Waals surface area contributed by atoms with Gasteiger partial charge in [0.1, 0.15) is 0 Å². The predicted molar refractivity (Wildman–Crippen MR) is 177 cm³/mol. The van der Waals surface area contributed by atoms with Gasteiger partial charge in [-0.15, -0.1) is 0 Å². The fourth-order valence-electron chi connectivity index (χ4n) is 7.98. The summed E-state index contributed by atoms with van der Waals surface area (Å²) in [5.41, 5.74) is 8.57. The summed E-state index contributed by atoms with van der Waals surface area (Å²) >= 11 is 26.2. The number of halogens is 4. The fourth-order valence-corrected chi connectivity index (χ4v) is 8.48. The maximum absolute atomic E-state index is 6.54. The van der Waals surface area contributed by atoms with Gasteiger partial charge in [-0.3, -0.25) is 0 Å². The Hall–Kier alpha value is -3.26. The lowest BCUT2D eigenvalue weighted by Crippen LogP contribution is -2.49. The van der Waals surface area contributed by atoms with E-state index in [1.165, 1.54) is 33.0 Å². The normalized spacial score (nSPS) is 15.8. The highest BCUT2D eigenvalue weighted by atomic mass is 35.5. The summed E-state index contributed by atoms with van der Waals surface area (Å²) in [6.07, 6.45) is 2.11. The summed E-state index contributed by atoms with van der Waals surface area (Å²) < 4.78 is 0. The number of aryl methyl sites for hydroxylation is 2. The number of benzene rings is 6. The monoisotopic (exact) mass is 620 g/mol. The molecule has 0 fully saturated rings. The third kappa shape index (κ3) is 3.44. The maximum Gasteiger partial charge on any atom is 0.0635 e. The number of hydrogen-bond donors (Lipinski definition) is 0. The molecule has 0 heterocycles. The van der Waals surface area contributed by atoms with Crippen LogP contribution < -0.4 is 0 Å². The highest BCUT2D eigenvalue weighted by Gasteiger charge is 2.62. The Balaban J connectivity index is 1.67. The third-order valence-electron chi connectivity index (χ3n) is 9.48. The highest BCUT2D eigenvalue weighted by molar-refractivity contribution is 6.31. The molecule has 0 amide bonds. The first-order valence-corrected chi connectivity index (χ1v) is 15.6. The molecule has 0 nitrogen and oxygen atoms in total. The Morgan fingerprint density at radius 1 is 0.333 bits per heavy atom. The molecule has 4 heteroatoms. The Morgan fingerprint density at radius 2 is 0.619 bits per heavy atom. The van der Waals surface area contributed by atoms with Crippen molar-refractivity contribution >= 4 is 57.2 Å². The van der Waals surface area contributed by atoms with Gasteiger partial charge in [-0.05, 0) is 117 Å². The van der Waals surface area contributed by atoms with E-state index < -0.39 is 10.8 Å². The van der Waals surface area contributed by atoms with Gasteiger partial charge in [0, 0.05) is 20.1 Å². The first kappa shape index (κ1) is 26.4. The molecular formula is C38H24Cl4. The summed E-state index contributed by atoms with van der Waals surface area (Å²) in [6, 6.07) is 42.9. The summed E-state index contributed by atoms with van der Waals surface area (Å²) in [5.74, 6) is 0. The van der Waals surface area contributed by atoms with E-state index in [0.717, 1.165) is 35.1 Å². The van der Waals surface area contributed by atoms with Crippen LogP contribution in [-0.4, -0.2) is 0 Å². The zero-order chi connectivity index (χ0) is 28.6. The van der Waals surface area contributed by atoms with Gasteiger partial charge in [-0.2, -0.15) is 0 Å². The third-order valence-corrected chi connectivity index (χ3v) is 10.5. The van der Waals surface area contributed by atoms with Crippen molar-refractivity contribution < 1.29 is 0 Å². The summed E-state index contributed by atoms with van der Waals surface area (Å²) in [4.78, 5) is 0. The first-order valence-electron chi connectivity index (χ1n) is 14.1. The van der Waals surface area contributed by atoms with Crippen LogP contribution in [0, 0.1) is 0 Å². The minimum atomic E-state index is -0.689. The van der Waals surface area contributed by atoms with Crippen molar-refractivity contribution in [2.24, 2.45) is 0 Å². The SMILES string of the molecule is Clc1ccc(C2(c3ccc(Cl)cc3)c3ccc4c5c(ccc(c35)C2(c2ccc(Cl)cc2)c2ccc(Cl)cc2)CC4)cc1. The summed E-state index contributed by atoms with van der Waals surface area (Å²) in [6.45, 7) is 0. The van der Waals surface area contributed by atoms with E-state index in [4.69, 9.17) is 46.4 Å². The molecule has 6 aromatic carbocycles. The Morgan fingerprint density at radius 3 is 0.905 bits per heavy atom. The van der Waals surface area contributed by atoms with E-state index in [2.05, 4.69) is 72.8 Å². The van der Waals surface area contributed by atoms with Gasteiger partial charge in [0.2, 0.25) is 0 Å². The molecule has 0 aliphatic heterocycles. The molecule has 2 aliphatic carbocycles. The number of hydrogen-bond acceptors (Lipinski definition) is 0. The van der Waals surface area contributed by atoms with Gasteiger partial charge in [0.15, 0.2) is 0 Å². The molecule has 42 heavy (non-hydrogen) atoms. The Bertz CT molecular complexity index is 1750. The Labute approximate surface area is 265 Å². The van der Waals surface area contributed by atoms with E-state index in [0.29, 0.717) is 20.1 Å². The Kier molecular flexibility index (Phi) is 6.05. The van der Waals surface area contributed by atoms with E-state index in [-0.39, 0.29) is 0 Å². The predicted octanol–water partition coefficient (Wildman–Crippen LogP) is 11.2. The van der Waals surface area contributed by atoms with Crippen LogP contribution in [0.4, 0.5) is 0 Å². The summed E-state index contributed by atoms with van der Waals surface area (Å²) in [5, 5.41) is 5.52. The highest BCUT2D eigenvalue weighted by Crippen LogP contribution is 2.67. The second-order valence-electron chi connectivity index (χ2n) is 11.3. The van der Waals surface area contributed by atoms with Gasteiger partial charge in [-0.1, -0.05) is 119 Å². The van der Waals surface area contributed by atoms with Crippen molar-refractivity contribution in [3.63, 3.8) is 0 Å². The van der Waals surface area contributed by atoms with Crippen molar-refractivity contribution in [2.45, 2.75) is 23.7 Å². The van der Waals surface area contributed by atoms with Gasteiger partial charge in [-0.25, -0.2) is 0 Å². The molecule has 0 radical (unpaired) electrons. The molecule has 0 saturated heterocycles. The van der Waals surface area contributed by atoms with Crippen LogP contribution in [0.2, 0.25) is 20.1 Å². The van der Waals surface area contributed by atoms with Crippen molar-refractivity contribution in [2.75, 3.05) is 0 Å². The maximum atomic E-state index is 6.54. The smallest absolute Gasteiger partial charge is 0.0635 e. The number of rotatable bonds is 4. The molecule has 0 unspecified atom stereocenters. The minimum absolute atomic E-state index is 0.689. The van der Waals surface area contributed by atoms with Crippen LogP contribution in [0.3, 0.4) is 0 Å². The van der Waals surface area contributed by atoms with Crippen LogP contribution in [0.1, 0.15) is 44.5 Å². The van der Waals surface area contributed by atoms with Crippen LogP contribution in [0.25, 0.3) is 10.8 Å². The van der Waals surface area contributed by atoms with E-state index in [1.807, 2.05) is 48.5 Å². The van der Waals surface area contributed by atoms with Crippen molar-refractivity contribution in [1.82, 2.24) is 0 Å². The topological polar surface area (TPSA) is 0 Å². The van der Waals surface area contributed by atoms with Crippen LogP contribution in [-0.2, 0) is 23.7 Å². The largest absolute Gasteiger partial charge is 0.0843 e. The standard InChI is InChI=1S/C38H24Cl4/c39-29-13-5-25(6-14-29)37(26-7-15-30(40)16-8-26)33-21-3-23-1-2-24-4-22-34(36(33)35(23)24)38(37,27-9-17-31(41)18-10-27)28-11-19-32(42)20-12-28/h3-22H,1-2H2. The molecule has 0 bridgehead atoms. The molecule has 0 aromatic heterocycles. The van der Waals surface area contributed by atoms with E-state index >= 15 is 0 Å². The van der Waals surface area contributed by atoms with Gasteiger partial charge >= 0.3 is 0 Å². The summed E-state index contributed by atoms with van der Waals surface area (Å²) in [7, 11) is 0. The lowest BCUT2D eigenvalue weighted by atomic mass is 9.50. The molecule has 0 saturated carbocycles. The fraction of sp³-hybridized carbons (Fsp3) is 0.105. The minimum Gasteiger partial charge on any atom is -0.0843 e. The first-order chi connectivity index (χ1) is 20.4. The van der Waals surface area contributed by atoms with Crippen LogP contribution in [0.5, 0.6) is 0 Å². The van der Waals surface area contributed by atoms with Crippen LogP contribution in [0.15, 0.2) is 121 Å². The zero-order valence-corrected chi connectivity index (χ0v) is 25.5. The van der Waals surface area contributed by atoms with E-state index in [1.54, 1.807) is 0 Å². The molecule has 8 rings (SSSR count). The average Bonchev–Trinajstić information content (AvgIpc) is 3.54. The zero-order valence-electron chi connectivity index (χ0n) is 22.5. The molecule has 0 spiro atoms. The van der Waals surface area contributed by atoms with Gasteiger partial charge in [0.05, 0.1) is 10.8 Å². The average molecular weight is 622 g/mol. The molecule has 2 aliphatic rings. The second-order valence-corrected chi connectivity index (χ2v) is 13.1. The van der Waals surface area contributed by atoms with E-state index in [9.17, 15) is 0 Å². The molecule has 0 atom stereocenters. The lowest BCUT2D eigenvalue weighted by molar-refractivity contribution is 0.442. The molecule has 204 valence electrons. The second kappa shape index (κ2) is 9.63. The van der Waals surface area contributed by atoms with Crippen LogP contribution >= 0.6 is 46.4 Å². The van der Waals surface area contributed by atoms with Crippen molar-refractivity contribution in [1.29, 1.82) is 0 Å². The molecular weight excluding hydrogens is 598 g/mol. The van der Waals surface area contributed by atoms with Crippen molar-refractivity contribution in [3.05, 3.63) is 186 Å². The molecule has 0 N–H and O–H groups in total. The van der Waals surface area contributed by atoms with Gasteiger partial charge in [0.25, 0.3) is 0 Å². The molecule has 6 aromatic rings. The quantitative estimate of drug-likeness (QED) is 0.184. The lowest BCUT2D eigenvalue weighted by Gasteiger charge is -2.50.